The van der Waals surface area contributed by atoms with Crippen LogP contribution >= 0.6 is 0 Å². The molecular formula is C37H54N8O6. The molecule has 4 heterocycles. The number of aliphatic hydroxyl groups excluding tert-OH is 3. The van der Waals surface area contributed by atoms with Gasteiger partial charge < -0.3 is 30.5 Å². The van der Waals surface area contributed by atoms with E-state index in [2.05, 4.69) is 41.1 Å². The molecule has 51 heavy (non-hydrogen) atoms. The van der Waals surface area contributed by atoms with Gasteiger partial charge in [0.2, 0.25) is 0 Å². The van der Waals surface area contributed by atoms with E-state index in [4.69, 9.17) is 20.2 Å². The van der Waals surface area contributed by atoms with Crippen molar-refractivity contribution in [3.05, 3.63) is 12.5 Å². The second kappa shape index (κ2) is 13.0. The van der Waals surface area contributed by atoms with Crippen molar-refractivity contribution in [2.75, 3.05) is 19.5 Å². The van der Waals surface area contributed by atoms with Gasteiger partial charge in [0.1, 0.15) is 24.4 Å². The largest absolute Gasteiger partial charge is 0.469 e. The number of nitrogens with zero attached hydrogens (tertiary/aromatic N) is 7. The van der Waals surface area contributed by atoms with Crippen molar-refractivity contribution in [2.45, 2.75) is 122 Å². The van der Waals surface area contributed by atoms with Crippen LogP contribution in [0, 0.1) is 46.3 Å². The van der Waals surface area contributed by atoms with Gasteiger partial charge in [0.15, 0.2) is 22.8 Å². The zero-order chi connectivity index (χ0) is 35.8. The van der Waals surface area contributed by atoms with E-state index in [1.54, 1.807) is 4.57 Å². The highest BCUT2D eigenvalue weighted by Gasteiger charge is 2.63. The van der Waals surface area contributed by atoms with Crippen LogP contribution in [0.2, 0.25) is 0 Å². The van der Waals surface area contributed by atoms with Gasteiger partial charge in [-0.15, -0.1) is 5.10 Å². The number of aromatic nitrogens is 7. The van der Waals surface area contributed by atoms with Crippen molar-refractivity contribution >= 4 is 23.0 Å². The van der Waals surface area contributed by atoms with Crippen LogP contribution in [0.3, 0.4) is 0 Å². The molecule has 5 aliphatic rings. The number of anilines is 1. The Hall–Kier alpha value is -3.20. The molecule has 1 saturated heterocycles. The molecule has 5 fully saturated rings. The minimum atomic E-state index is -0.836. The molecule has 0 unspecified atom stereocenters. The molecule has 8 rings (SSSR count). The Bertz CT molecular complexity index is 1770. The molecular weight excluding hydrogens is 652 g/mol. The zero-order valence-corrected chi connectivity index (χ0v) is 30.3. The van der Waals surface area contributed by atoms with Crippen molar-refractivity contribution in [3.63, 3.8) is 0 Å². The topological polar surface area (TPSA) is 197 Å². The third kappa shape index (κ3) is 5.58. The summed E-state index contributed by atoms with van der Waals surface area (Å²) in [6.45, 7) is 7.00. The molecule has 0 spiro atoms. The second-order valence-electron chi connectivity index (χ2n) is 17.0. The Labute approximate surface area is 298 Å². The third-order valence-electron chi connectivity index (χ3n) is 14.7. The van der Waals surface area contributed by atoms with Crippen LogP contribution in [0.5, 0.6) is 0 Å². The second-order valence-corrected chi connectivity index (χ2v) is 17.0. The van der Waals surface area contributed by atoms with E-state index in [0.717, 1.165) is 38.5 Å². The van der Waals surface area contributed by atoms with Crippen LogP contribution in [0.4, 0.5) is 5.82 Å². The van der Waals surface area contributed by atoms with Crippen molar-refractivity contribution in [1.29, 1.82) is 0 Å². The zero-order valence-electron chi connectivity index (χ0n) is 30.3. The number of methoxy groups -OCH3 is 1. The highest BCUT2D eigenvalue weighted by Crippen LogP contribution is 2.69. The van der Waals surface area contributed by atoms with E-state index in [1.165, 1.54) is 32.7 Å². The predicted molar refractivity (Wildman–Crippen MR) is 186 cm³/mol. The summed E-state index contributed by atoms with van der Waals surface area (Å²) in [6, 6.07) is 0.138. The quantitative estimate of drug-likeness (QED) is 0.246. The number of rotatable bonds is 8. The van der Waals surface area contributed by atoms with Crippen molar-refractivity contribution in [3.8, 4) is 11.5 Å². The van der Waals surface area contributed by atoms with Gasteiger partial charge in [-0.25, -0.2) is 19.6 Å². The third-order valence-corrected chi connectivity index (χ3v) is 14.7. The van der Waals surface area contributed by atoms with E-state index in [-0.39, 0.29) is 47.8 Å². The Kier molecular flexibility index (Phi) is 8.91. The van der Waals surface area contributed by atoms with Gasteiger partial charge in [0.05, 0.1) is 38.2 Å². The molecule has 0 bridgehead atoms. The molecule has 4 aliphatic carbocycles. The lowest BCUT2D eigenvalue weighted by Crippen LogP contribution is -2.58. The Balaban J connectivity index is 1.01. The van der Waals surface area contributed by atoms with Crippen LogP contribution in [0.15, 0.2) is 12.5 Å². The first kappa shape index (κ1) is 34.9. The molecule has 278 valence electrons. The number of fused-ring (bicyclic) bond motifs is 6. The van der Waals surface area contributed by atoms with Crippen LogP contribution in [0.25, 0.3) is 22.7 Å². The van der Waals surface area contributed by atoms with Crippen LogP contribution in [-0.2, 0) is 14.3 Å². The summed E-state index contributed by atoms with van der Waals surface area (Å²) in [5, 5.41) is 41.4. The summed E-state index contributed by atoms with van der Waals surface area (Å²) in [6.07, 6.45) is 10.9. The van der Waals surface area contributed by atoms with Gasteiger partial charge in [0, 0.05) is 12.8 Å². The number of esters is 1. The number of carbonyl (C=O) groups excluding carboxylic acids is 1. The van der Waals surface area contributed by atoms with Crippen molar-refractivity contribution in [2.24, 2.45) is 46.3 Å². The summed E-state index contributed by atoms with van der Waals surface area (Å²) < 4.78 is 14.7. The number of nitrogens with two attached hydrogens (primary N) is 1. The highest BCUT2D eigenvalue weighted by molar-refractivity contribution is 5.84. The summed E-state index contributed by atoms with van der Waals surface area (Å²) in [5.74, 6) is 3.32. The average molecular weight is 707 g/mol. The van der Waals surface area contributed by atoms with Gasteiger partial charge in [0.25, 0.3) is 0 Å². The molecule has 14 heteroatoms. The van der Waals surface area contributed by atoms with Crippen molar-refractivity contribution < 1.29 is 29.6 Å². The fraction of sp³-hybridized carbons (Fsp3) is 0.784. The van der Waals surface area contributed by atoms with Crippen molar-refractivity contribution in [1.82, 2.24) is 34.5 Å². The predicted octanol–water partition coefficient (Wildman–Crippen LogP) is 4.07. The average Bonchev–Trinajstić information content (AvgIpc) is 3.91. The van der Waals surface area contributed by atoms with Crippen LogP contribution < -0.4 is 5.73 Å². The van der Waals surface area contributed by atoms with Gasteiger partial charge in [-0.2, -0.15) is 0 Å². The normalized spacial score (nSPS) is 39.7. The van der Waals surface area contributed by atoms with E-state index < -0.39 is 18.4 Å². The van der Waals surface area contributed by atoms with E-state index in [0.29, 0.717) is 64.6 Å². The van der Waals surface area contributed by atoms with Gasteiger partial charge in [-0.1, -0.05) is 26.0 Å². The van der Waals surface area contributed by atoms with Gasteiger partial charge >= 0.3 is 5.97 Å². The van der Waals surface area contributed by atoms with E-state index in [9.17, 15) is 20.1 Å². The summed E-state index contributed by atoms with van der Waals surface area (Å²) >= 11 is 0. The highest BCUT2D eigenvalue weighted by atomic mass is 16.5. The van der Waals surface area contributed by atoms with Crippen LogP contribution in [0.1, 0.15) is 104 Å². The fourth-order valence-electron chi connectivity index (χ4n) is 12.0. The smallest absolute Gasteiger partial charge is 0.305 e. The maximum Gasteiger partial charge on any atom is 0.305 e. The fourth-order valence-corrected chi connectivity index (χ4v) is 12.0. The van der Waals surface area contributed by atoms with E-state index >= 15 is 0 Å². The van der Waals surface area contributed by atoms with Gasteiger partial charge in [-0.05, 0) is 104 Å². The summed E-state index contributed by atoms with van der Waals surface area (Å²) in [5.41, 5.74) is 7.98. The number of hydrogen-bond acceptors (Lipinski definition) is 12. The maximum absolute atomic E-state index is 12.0. The molecule has 13 atom stereocenters. The molecule has 1 aliphatic heterocycles. The molecule has 14 nitrogen and oxygen atoms in total. The molecule has 5 N–H and O–H groups in total. The Morgan fingerprint density at radius 3 is 2.63 bits per heavy atom. The molecule has 0 aromatic carbocycles. The van der Waals surface area contributed by atoms with E-state index in [1.807, 2.05) is 10.9 Å². The first-order valence-electron chi connectivity index (χ1n) is 19.1. The molecule has 0 radical (unpaired) electrons. The Morgan fingerprint density at radius 2 is 1.86 bits per heavy atom. The molecule has 4 saturated carbocycles. The maximum atomic E-state index is 12.0. The molecule has 0 amide bonds. The minimum absolute atomic E-state index is 0.124. The van der Waals surface area contributed by atoms with Gasteiger partial charge in [-0.3, -0.25) is 9.36 Å². The summed E-state index contributed by atoms with van der Waals surface area (Å²) in [7, 11) is 1.47. The first-order chi connectivity index (χ1) is 24.5. The monoisotopic (exact) mass is 706 g/mol. The number of hydrogen-bond donors (Lipinski definition) is 4. The minimum Gasteiger partial charge on any atom is -0.469 e. The lowest BCUT2D eigenvalue weighted by molar-refractivity contribution is -0.169. The standard InChI is InChI=1S/C37H54N8O6/c1-19(5-8-30(49)50-4)22-6-7-23-31-24(10-12-37(22,23)3)36(2)11-9-21(13-20(36)14-27(31)48)44-16-25(42-43-44)34-41-32-33(38)39-18-40-35(32)45(34)29-15-26(47)28(17-46)51-29/h16,18-24,26-29,31,46-48H,5-15,17H2,1-4H3,(H2,38,39,40)/t19-,20+,21-,22-,23+,24+,26+,27+,28-,29-,31+,36+,37-/m1/s1. The van der Waals surface area contributed by atoms with Crippen LogP contribution in [-0.4, -0.2) is 87.8 Å². The number of imidazole rings is 1. The molecule has 3 aromatic heterocycles. The lowest BCUT2D eigenvalue weighted by Gasteiger charge is -2.62. The summed E-state index contributed by atoms with van der Waals surface area (Å²) in [4.78, 5) is 25.3. The number of ether oxygens (including phenoxy) is 2. The Morgan fingerprint density at radius 1 is 1.08 bits per heavy atom. The number of aliphatic hydroxyl groups is 3. The number of nitrogen functional groups attached to an aromatic ring is 1. The molecule has 3 aromatic rings. The first-order valence-corrected chi connectivity index (χ1v) is 19.1. The number of carbonyl (C=O) groups is 1. The lowest BCUT2D eigenvalue weighted by atomic mass is 9.43. The SMILES string of the molecule is COC(=O)CC[C@@H](C)[C@H]1CC[C@H]2[C@@H]3[C@@H](O)C[C@@H]4C[C@H](n5cc(-c6nc7c(N)ncnc7n6[C@H]6C[C@H](O)[C@@H](CO)O6)nn5)CC[C@]4(C)[C@H]3CC[C@]12C.